The Hall–Kier alpha value is -3.50. The van der Waals surface area contributed by atoms with Gasteiger partial charge in [0, 0.05) is 24.8 Å². The highest BCUT2D eigenvalue weighted by Crippen LogP contribution is 2.32. The molecule has 4 aromatic rings. The van der Waals surface area contributed by atoms with E-state index < -0.39 is 0 Å². The van der Waals surface area contributed by atoms with Gasteiger partial charge < -0.3 is 16.0 Å². The van der Waals surface area contributed by atoms with Gasteiger partial charge in [-0.1, -0.05) is 17.7 Å². The van der Waals surface area contributed by atoms with Crippen LogP contribution in [0.1, 0.15) is 30.3 Å². The van der Waals surface area contributed by atoms with Crippen LogP contribution in [0, 0.1) is 13.8 Å². The number of pyridine rings is 1. The number of fused-ring (bicyclic) bond motifs is 1. The summed E-state index contributed by atoms with van der Waals surface area (Å²) in [4.78, 5) is 22.8. The van der Waals surface area contributed by atoms with Gasteiger partial charge in [-0.3, -0.25) is 9.48 Å². The maximum atomic E-state index is 11.9. The monoisotopic (exact) mass is 479 g/mol. The van der Waals surface area contributed by atoms with Crippen molar-refractivity contribution >= 4 is 34.7 Å². The van der Waals surface area contributed by atoms with E-state index in [1.54, 1.807) is 16.9 Å². The molecule has 5 rings (SSSR count). The van der Waals surface area contributed by atoms with Crippen molar-refractivity contribution in [1.82, 2.24) is 34.3 Å². The molecular formula is C23H26ClN9O. The minimum Gasteiger partial charge on any atom is -0.341 e. The largest absolute Gasteiger partial charge is 0.341 e. The minimum absolute atomic E-state index is 0.00364. The van der Waals surface area contributed by atoms with Gasteiger partial charge in [-0.2, -0.15) is 10.2 Å². The third kappa shape index (κ3) is 3.99. The summed E-state index contributed by atoms with van der Waals surface area (Å²) in [5.41, 5.74) is 10.6. The van der Waals surface area contributed by atoms with Crippen molar-refractivity contribution in [3.8, 4) is 11.3 Å². The topological polar surface area (TPSA) is 119 Å². The van der Waals surface area contributed by atoms with Crippen molar-refractivity contribution in [2.45, 2.75) is 32.7 Å². The van der Waals surface area contributed by atoms with E-state index >= 15 is 0 Å². The van der Waals surface area contributed by atoms with E-state index in [1.165, 1.54) is 0 Å². The first-order chi connectivity index (χ1) is 16.5. The molecule has 3 N–H and O–H groups in total. The van der Waals surface area contributed by atoms with Crippen LogP contribution in [0.25, 0.3) is 16.8 Å². The fourth-order valence-corrected chi connectivity index (χ4v) is 4.73. The number of hydrogen-bond acceptors (Lipinski definition) is 7. The number of piperidine rings is 1. The second-order valence-corrected chi connectivity index (χ2v) is 8.82. The van der Waals surface area contributed by atoms with E-state index in [1.807, 2.05) is 47.8 Å². The molecule has 0 atom stereocenters. The molecule has 0 saturated carbocycles. The number of nitrogens with one attached hydrogen (secondary N) is 1. The Kier molecular flexibility index (Phi) is 5.93. The second kappa shape index (κ2) is 9.03. The number of aryl methyl sites for hydroxylation is 1. The quantitative estimate of drug-likeness (QED) is 0.451. The summed E-state index contributed by atoms with van der Waals surface area (Å²) in [5.74, 6) is 0.430. The lowest BCUT2D eigenvalue weighted by molar-refractivity contribution is -0.130. The molecule has 176 valence electrons. The standard InChI is InChI=1S/C23H26ClN9O/c1-14-21(15(2)33(30-14)16-6-9-31(10-7-16)20(34)11-25)28-23-26-13-18(24)22(29-23)17-12-27-32-8-4-3-5-19(17)32/h3-5,8,12-13,16H,6-7,9-11,25H2,1-2H3,(H,26,28,29). The molecule has 0 bridgehead atoms. The molecule has 1 aliphatic rings. The molecule has 0 unspecified atom stereocenters. The summed E-state index contributed by atoms with van der Waals surface area (Å²) in [6.45, 7) is 5.41. The van der Waals surface area contributed by atoms with Crippen LogP contribution in [0.3, 0.4) is 0 Å². The van der Waals surface area contributed by atoms with Gasteiger partial charge in [0.2, 0.25) is 11.9 Å². The third-order valence-corrected chi connectivity index (χ3v) is 6.60. The number of hydrogen-bond donors (Lipinski definition) is 2. The molecule has 1 saturated heterocycles. The Bertz CT molecular complexity index is 1350. The van der Waals surface area contributed by atoms with Crippen LogP contribution < -0.4 is 11.1 Å². The zero-order chi connectivity index (χ0) is 23.8. The fourth-order valence-electron chi connectivity index (χ4n) is 4.53. The van der Waals surface area contributed by atoms with Crippen molar-refractivity contribution in [3.05, 3.63) is 53.2 Å². The SMILES string of the molecule is Cc1nn(C2CCN(C(=O)CN)CC2)c(C)c1Nc1ncc(Cl)c(-c2cnn3ccccc23)n1. The first-order valence-electron chi connectivity index (χ1n) is 11.2. The lowest BCUT2D eigenvalue weighted by atomic mass is 10.0. The van der Waals surface area contributed by atoms with Crippen LogP contribution in [0.4, 0.5) is 11.6 Å². The van der Waals surface area contributed by atoms with E-state index in [4.69, 9.17) is 27.4 Å². The Labute approximate surface area is 201 Å². The first-order valence-corrected chi connectivity index (χ1v) is 11.6. The molecule has 10 nitrogen and oxygen atoms in total. The normalized spacial score (nSPS) is 14.6. The maximum absolute atomic E-state index is 11.9. The summed E-state index contributed by atoms with van der Waals surface area (Å²) >= 11 is 6.46. The number of halogens is 1. The molecule has 5 heterocycles. The number of nitrogens with two attached hydrogens (primary N) is 1. The number of aromatic nitrogens is 6. The number of anilines is 2. The Balaban J connectivity index is 1.40. The summed E-state index contributed by atoms with van der Waals surface area (Å²) in [7, 11) is 0. The third-order valence-electron chi connectivity index (χ3n) is 6.33. The molecule has 34 heavy (non-hydrogen) atoms. The highest BCUT2D eigenvalue weighted by molar-refractivity contribution is 6.33. The van der Waals surface area contributed by atoms with Crippen molar-refractivity contribution in [2.75, 3.05) is 25.0 Å². The van der Waals surface area contributed by atoms with E-state index in [2.05, 4.69) is 15.4 Å². The lowest BCUT2D eigenvalue weighted by Gasteiger charge is -2.32. The molecule has 0 aromatic carbocycles. The predicted molar refractivity (Wildman–Crippen MR) is 130 cm³/mol. The summed E-state index contributed by atoms with van der Waals surface area (Å²) < 4.78 is 3.83. The molecule has 0 spiro atoms. The maximum Gasteiger partial charge on any atom is 0.236 e. The van der Waals surface area contributed by atoms with Crippen LogP contribution >= 0.6 is 11.6 Å². The molecule has 11 heteroatoms. The molecule has 1 amide bonds. The van der Waals surface area contributed by atoms with Gasteiger partial charge >= 0.3 is 0 Å². The van der Waals surface area contributed by atoms with Crippen LogP contribution in [-0.2, 0) is 4.79 Å². The fraction of sp³-hybridized carbons (Fsp3) is 0.348. The van der Waals surface area contributed by atoms with Gasteiger partial charge in [0.1, 0.15) is 0 Å². The zero-order valence-corrected chi connectivity index (χ0v) is 19.8. The molecule has 1 fully saturated rings. The number of carbonyl (C=O) groups excluding carboxylic acids is 1. The average Bonchev–Trinajstić information content (AvgIpc) is 3.41. The van der Waals surface area contributed by atoms with Gasteiger partial charge in [-0.05, 0) is 38.8 Å². The Morgan fingerprint density at radius 1 is 1.24 bits per heavy atom. The van der Waals surface area contributed by atoms with Crippen molar-refractivity contribution in [1.29, 1.82) is 0 Å². The zero-order valence-electron chi connectivity index (χ0n) is 19.1. The number of amides is 1. The highest BCUT2D eigenvalue weighted by atomic mass is 35.5. The average molecular weight is 480 g/mol. The van der Waals surface area contributed by atoms with Gasteiger partial charge in [-0.15, -0.1) is 0 Å². The second-order valence-electron chi connectivity index (χ2n) is 8.41. The van der Waals surface area contributed by atoms with Crippen molar-refractivity contribution in [3.63, 3.8) is 0 Å². The number of likely N-dealkylation sites (tertiary alicyclic amines) is 1. The predicted octanol–water partition coefficient (Wildman–Crippen LogP) is 3.12. The van der Waals surface area contributed by atoms with Crippen LogP contribution in [0.2, 0.25) is 5.02 Å². The van der Waals surface area contributed by atoms with E-state index in [0.717, 1.165) is 41.0 Å². The molecule has 0 aliphatic carbocycles. The Morgan fingerprint density at radius 2 is 2.03 bits per heavy atom. The molecule has 1 aliphatic heterocycles. The first kappa shape index (κ1) is 22.3. The van der Waals surface area contributed by atoms with Gasteiger partial charge in [0.25, 0.3) is 0 Å². The summed E-state index contributed by atoms with van der Waals surface area (Å²) in [5, 5.41) is 13.0. The van der Waals surface area contributed by atoms with Crippen molar-refractivity contribution in [2.24, 2.45) is 5.73 Å². The smallest absolute Gasteiger partial charge is 0.236 e. The lowest BCUT2D eigenvalue weighted by Crippen LogP contribution is -2.42. The van der Waals surface area contributed by atoms with E-state index in [9.17, 15) is 4.79 Å². The van der Waals surface area contributed by atoms with Gasteiger partial charge in [-0.25, -0.2) is 14.5 Å². The van der Waals surface area contributed by atoms with E-state index in [0.29, 0.717) is 29.8 Å². The molecule has 4 aromatic heterocycles. The minimum atomic E-state index is -0.00364. The summed E-state index contributed by atoms with van der Waals surface area (Å²) in [6, 6.07) is 6.06. The van der Waals surface area contributed by atoms with Crippen molar-refractivity contribution < 1.29 is 4.79 Å². The Morgan fingerprint density at radius 3 is 2.79 bits per heavy atom. The number of nitrogens with zero attached hydrogens (tertiary/aromatic N) is 7. The van der Waals surface area contributed by atoms with Crippen LogP contribution in [0.15, 0.2) is 36.8 Å². The summed E-state index contributed by atoms with van der Waals surface area (Å²) in [6.07, 6.45) is 6.90. The van der Waals surface area contributed by atoms with E-state index in [-0.39, 0.29) is 18.5 Å². The highest BCUT2D eigenvalue weighted by Gasteiger charge is 2.26. The van der Waals surface area contributed by atoms with Crippen LogP contribution in [-0.4, -0.2) is 59.8 Å². The van der Waals surface area contributed by atoms with Gasteiger partial charge in [0.15, 0.2) is 0 Å². The molecule has 0 radical (unpaired) electrons. The molecular weight excluding hydrogens is 454 g/mol. The number of carbonyl (C=O) groups is 1. The number of rotatable bonds is 5. The van der Waals surface area contributed by atoms with Gasteiger partial charge in [0.05, 0.1) is 58.3 Å². The van der Waals surface area contributed by atoms with Crippen LogP contribution in [0.5, 0.6) is 0 Å².